The fraction of sp³-hybridized carbons (Fsp3) is 0.238. The van der Waals surface area contributed by atoms with Crippen molar-refractivity contribution in [1.82, 2.24) is 0 Å². The van der Waals surface area contributed by atoms with E-state index in [-0.39, 0.29) is 12.4 Å². The first-order valence-corrected chi connectivity index (χ1v) is 8.60. The topological polar surface area (TPSA) is 80.3 Å². The van der Waals surface area contributed by atoms with Crippen LogP contribution in [-0.2, 0) is 9.53 Å². The van der Waals surface area contributed by atoms with E-state index in [4.69, 9.17) is 23.7 Å². The summed E-state index contributed by atoms with van der Waals surface area (Å²) in [6.45, 7) is 0.533. The van der Waals surface area contributed by atoms with Gasteiger partial charge in [0, 0.05) is 23.3 Å². The summed E-state index contributed by atoms with van der Waals surface area (Å²) in [5.74, 6) is 1.33. The zero-order chi connectivity index (χ0) is 19.9. The zero-order valence-corrected chi connectivity index (χ0v) is 15.6. The van der Waals surface area contributed by atoms with Crippen LogP contribution in [0.4, 0.5) is 0 Å². The van der Waals surface area contributed by atoms with Crippen molar-refractivity contribution in [3.05, 3.63) is 53.6 Å². The summed E-state index contributed by atoms with van der Waals surface area (Å²) in [5.41, 5.74) is 1.07. The second-order valence-corrected chi connectivity index (χ2v) is 5.83. The number of hydrogen-bond donors (Lipinski definition) is 0. The summed E-state index contributed by atoms with van der Waals surface area (Å²) >= 11 is 0. The van der Waals surface area contributed by atoms with Crippen LogP contribution in [0.25, 0.3) is 6.08 Å². The summed E-state index contributed by atoms with van der Waals surface area (Å²) < 4.78 is 26.3. The smallest absolute Gasteiger partial charge is 0.331 e. The van der Waals surface area contributed by atoms with Crippen molar-refractivity contribution in [2.45, 2.75) is 0 Å². The van der Waals surface area contributed by atoms with Crippen LogP contribution in [0.2, 0.25) is 0 Å². The van der Waals surface area contributed by atoms with Gasteiger partial charge in [0.25, 0.3) is 0 Å². The summed E-state index contributed by atoms with van der Waals surface area (Å²) in [6.07, 6.45) is 2.79. The average Bonchev–Trinajstić information content (AvgIpc) is 2.75. The third-order valence-electron chi connectivity index (χ3n) is 4.05. The van der Waals surface area contributed by atoms with Gasteiger partial charge in [-0.05, 0) is 36.4 Å². The summed E-state index contributed by atoms with van der Waals surface area (Å²) in [4.78, 5) is 24.2. The van der Waals surface area contributed by atoms with Crippen LogP contribution in [0, 0.1) is 0 Å². The van der Waals surface area contributed by atoms with Gasteiger partial charge in [0.1, 0.15) is 24.7 Å². The Bertz CT molecular complexity index is 902. The normalized spacial score (nSPS) is 12.5. The molecule has 0 amide bonds. The number of benzene rings is 2. The molecule has 0 radical (unpaired) electrons. The van der Waals surface area contributed by atoms with Gasteiger partial charge < -0.3 is 23.7 Å². The van der Waals surface area contributed by atoms with Crippen molar-refractivity contribution in [2.75, 3.05) is 34.0 Å². The van der Waals surface area contributed by atoms with Crippen LogP contribution < -0.4 is 18.9 Å². The molecule has 0 atom stereocenters. The number of fused-ring (bicyclic) bond motifs is 1. The van der Waals surface area contributed by atoms with Crippen molar-refractivity contribution in [3.63, 3.8) is 0 Å². The van der Waals surface area contributed by atoms with Gasteiger partial charge in [-0.3, -0.25) is 4.79 Å². The van der Waals surface area contributed by atoms with Crippen molar-refractivity contribution in [1.29, 1.82) is 0 Å². The van der Waals surface area contributed by atoms with Crippen LogP contribution in [0.3, 0.4) is 0 Å². The molecule has 0 bridgehead atoms. The lowest BCUT2D eigenvalue weighted by atomic mass is 10.1. The van der Waals surface area contributed by atoms with Gasteiger partial charge in [-0.25, -0.2) is 4.79 Å². The third-order valence-corrected chi connectivity index (χ3v) is 4.05. The molecular formula is C21H20O7. The van der Waals surface area contributed by atoms with E-state index >= 15 is 0 Å². The molecule has 0 aliphatic carbocycles. The summed E-state index contributed by atoms with van der Waals surface area (Å²) in [7, 11) is 3.08. The minimum Gasteiger partial charge on any atom is -0.497 e. The Labute approximate surface area is 162 Å². The van der Waals surface area contributed by atoms with Gasteiger partial charge in [0.05, 0.1) is 14.2 Å². The molecule has 1 aliphatic rings. The highest BCUT2D eigenvalue weighted by Crippen LogP contribution is 2.31. The van der Waals surface area contributed by atoms with E-state index in [0.717, 1.165) is 0 Å². The Morgan fingerprint density at radius 2 is 1.79 bits per heavy atom. The van der Waals surface area contributed by atoms with Gasteiger partial charge in [0.15, 0.2) is 23.9 Å². The van der Waals surface area contributed by atoms with Crippen molar-refractivity contribution >= 4 is 17.8 Å². The lowest BCUT2D eigenvalue weighted by Gasteiger charge is -2.18. The molecule has 0 saturated heterocycles. The highest BCUT2D eigenvalue weighted by molar-refractivity contribution is 5.99. The Kier molecular flexibility index (Phi) is 6.16. The molecule has 1 heterocycles. The molecule has 28 heavy (non-hydrogen) atoms. The fourth-order valence-corrected chi connectivity index (χ4v) is 2.60. The van der Waals surface area contributed by atoms with Gasteiger partial charge >= 0.3 is 5.97 Å². The molecule has 2 aromatic carbocycles. The second-order valence-electron chi connectivity index (χ2n) is 5.83. The number of ketones is 1. The van der Waals surface area contributed by atoms with Gasteiger partial charge in [-0.1, -0.05) is 0 Å². The molecule has 0 spiro atoms. The Hall–Kier alpha value is -3.48. The Morgan fingerprint density at radius 1 is 1.00 bits per heavy atom. The number of Topliss-reactive ketones (excluding diaryl/α,β-unsaturated/α-hetero) is 1. The van der Waals surface area contributed by atoms with Crippen LogP contribution in [0.15, 0.2) is 42.5 Å². The minimum absolute atomic E-state index is 0.333. The SMILES string of the molecule is COc1ccc(C=CC(=O)OCC(=O)c2ccc3c(c2)OCCO3)c(OC)c1. The van der Waals surface area contributed by atoms with E-state index in [1.54, 1.807) is 49.6 Å². The minimum atomic E-state index is -0.635. The number of hydrogen-bond acceptors (Lipinski definition) is 7. The summed E-state index contributed by atoms with van der Waals surface area (Å²) in [6, 6.07) is 10.1. The number of ether oxygens (including phenoxy) is 5. The average molecular weight is 384 g/mol. The Morgan fingerprint density at radius 3 is 2.54 bits per heavy atom. The van der Waals surface area contributed by atoms with Crippen molar-refractivity contribution in [2.24, 2.45) is 0 Å². The number of rotatable bonds is 7. The number of methoxy groups -OCH3 is 2. The van der Waals surface area contributed by atoms with Crippen LogP contribution in [0.1, 0.15) is 15.9 Å². The molecular weight excluding hydrogens is 364 g/mol. The molecule has 0 aromatic heterocycles. The number of carbonyl (C=O) groups is 2. The summed E-state index contributed by atoms with van der Waals surface area (Å²) in [5, 5.41) is 0. The predicted octanol–water partition coefficient (Wildman–Crippen LogP) is 2.91. The first-order chi connectivity index (χ1) is 13.6. The molecule has 7 heteroatoms. The molecule has 0 N–H and O–H groups in total. The zero-order valence-electron chi connectivity index (χ0n) is 15.6. The highest BCUT2D eigenvalue weighted by Gasteiger charge is 2.16. The van der Waals surface area contributed by atoms with E-state index in [9.17, 15) is 9.59 Å². The van der Waals surface area contributed by atoms with E-state index in [0.29, 0.717) is 47.3 Å². The maximum atomic E-state index is 12.2. The third kappa shape index (κ3) is 4.62. The fourth-order valence-electron chi connectivity index (χ4n) is 2.60. The molecule has 2 aromatic rings. The first kappa shape index (κ1) is 19.3. The lowest BCUT2D eigenvalue weighted by molar-refractivity contribution is -0.136. The van der Waals surface area contributed by atoms with Crippen molar-refractivity contribution in [3.8, 4) is 23.0 Å². The van der Waals surface area contributed by atoms with E-state index in [1.807, 2.05) is 0 Å². The molecule has 7 nitrogen and oxygen atoms in total. The lowest BCUT2D eigenvalue weighted by Crippen LogP contribution is -2.17. The van der Waals surface area contributed by atoms with Gasteiger partial charge in [-0.15, -0.1) is 0 Å². The van der Waals surface area contributed by atoms with Crippen LogP contribution in [-0.4, -0.2) is 45.8 Å². The van der Waals surface area contributed by atoms with E-state index < -0.39 is 5.97 Å². The largest absolute Gasteiger partial charge is 0.497 e. The van der Waals surface area contributed by atoms with Crippen LogP contribution >= 0.6 is 0 Å². The highest BCUT2D eigenvalue weighted by atomic mass is 16.6. The standard InChI is InChI=1S/C21H20O7/c1-24-16-6-3-14(19(12-16)25-2)5-8-21(23)28-13-17(22)15-4-7-18-20(11-15)27-10-9-26-18/h3-8,11-12H,9-10,13H2,1-2H3. The van der Waals surface area contributed by atoms with Crippen molar-refractivity contribution < 1.29 is 33.3 Å². The quantitative estimate of drug-likeness (QED) is 0.412. The first-order valence-electron chi connectivity index (χ1n) is 8.60. The molecule has 1 aliphatic heterocycles. The molecule has 0 fully saturated rings. The molecule has 0 saturated carbocycles. The van der Waals surface area contributed by atoms with E-state index in [2.05, 4.69) is 0 Å². The Balaban J connectivity index is 1.58. The monoisotopic (exact) mass is 384 g/mol. The van der Waals surface area contributed by atoms with Gasteiger partial charge in [0.2, 0.25) is 0 Å². The maximum absolute atomic E-state index is 12.2. The number of esters is 1. The molecule has 146 valence electrons. The van der Waals surface area contributed by atoms with Gasteiger partial charge in [-0.2, -0.15) is 0 Å². The predicted molar refractivity (Wildman–Crippen MR) is 101 cm³/mol. The number of carbonyl (C=O) groups excluding carboxylic acids is 2. The van der Waals surface area contributed by atoms with Crippen LogP contribution in [0.5, 0.6) is 23.0 Å². The molecule has 0 unspecified atom stereocenters. The second kappa shape index (κ2) is 8.94. The van der Waals surface area contributed by atoms with E-state index in [1.165, 1.54) is 13.2 Å². The maximum Gasteiger partial charge on any atom is 0.331 e. The molecule has 3 rings (SSSR count).